The number of carbonyl (C=O) groups excluding carboxylic acids is 2. The van der Waals surface area contributed by atoms with E-state index in [1.807, 2.05) is 37.4 Å². The molecule has 38 heavy (non-hydrogen) atoms. The third-order valence-electron chi connectivity index (χ3n) is 6.57. The molecule has 2 amide bonds. The van der Waals surface area contributed by atoms with E-state index in [1.54, 1.807) is 0 Å². The quantitative estimate of drug-likeness (QED) is 0.401. The number of pyridine rings is 1. The van der Waals surface area contributed by atoms with E-state index in [4.69, 9.17) is 0 Å². The summed E-state index contributed by atoms with van der Waals surface area (Å²) in [5.74, 6) is -3.91. The minimum Gasteiger partial charge on any atom is -0.503 e. The van der Waals surface area contributed by atoms with Gasteiger partial charge in [-0.25, -0.2) is 8.78 Å². The zero-order chi connectivity index (χ0) is 27.4. The van der Waals surface area contributed by atoms with Gasteiger partial charge in [0.05, 0.1) is 6.54 Å². The van der Waals surface area contributed by atoms with Crippen LogP contribution in [0.15, 0.2) is 71.8 Å². The molecule has 10 heteroatoms. The number of nitrogens with one attached hydrogen (secondary N) is 2. The highest BCUT2D eigenvalue weighted by molar-refractivity contribution is 5.99. The number of carbonyl (C=O) groups is 2. The topological polar surface area (TPSA) is 104 Å². The van der Waals surface area contributed by atoms with Crippen LogP contribution in [0.25, 0.3) is 0 Å². The van der Waals surface area contributed by atoms with Crippen molar-refractivity contribution >= 4 is 11.8 Å². The molecule has 0 unspecified atom stereocenters. The van der Waals surface area contributed by atoms with Gasteiger partial charge in [0.1, 0.15) is 17.2 Å². The van der Waals surface area contributed by atoms with Crippen molar-refractivity contribution in [2.45, 2.75) is 32.0 Å². The van der Waals surface area contributed by atoms with Crippen molar-refractivity contribution in [3.63, 3.8) is 0 Å². The summed E-state index contributed by atoms with van der Waals surface area (Å²) in [5.41, 5.74) is -0.0498. The van der Waals surface area contributed by atoms with Gasteiger partial charge >= 0.3 is 0 Å². The summed E-state index contributed by atoms with van der Waals surface area (Å²) in [4.78, 5) is 40.2. The van der Waals surface area contributed by atoms with Crippen LogP contribution in [0, 0.1) is 11.6 Å². The van der Waals surface area contributed by atoms with Crippen molar-refractivity contribution in [2.75, 3.05) is 13.6 Å². The summed E-state index contributed by atoms with van der Waals surface area (Å²) in [7, 11) is 1.85. The summed E-state index contributed by atoms with van der Waals surface area (Å²) < 4.78 is 28.3. The van der Waals surface area contributed by atoms with Gasteiger partial charge in [-0.3, -0.25) is 14.4 Å². The van der Waals surface area contributed by atoms with Crippen LogP contribution in [-0.2, 0) is 19.5 Å². The summed E-state index contributed by atoms with van der Waals surface area (Å²) >= 11 is 0. The molecular formula is C28H28F2N4O4. The third kappa shape index (κ3) is 5.65. The van der Waals surface area contributed by atoms with Crippen LogP contribution in [0.1, 0.15) is 38.4 Å². The van der Waals surface area contributed by atoms with Crippen LogP contribution in [0.5, 0.6) is 5.75 Å². The maximum Gasteiger partial charge on any atom is 0.278 e. The Morgan fingerprint density at radius 1 is 1.16 bits per heavy atom. The maximum absolute atomic E-state index is 13.9. The van der Waals surface area contributed by atoms with Crippen LogP contribution in [-0.4, -0.2) is 46.0 Å². The molecule has 0 saturated carbocycles. The number of hydrogen-bond acceptors (Lipinski definition) is 5. The molecule has 2 heterocycles. The van der Waals surface area contributed by atoms with E-state index in [2.05, 4.69) is 17.2 Å². The molecule has 0 spiro atoms. The highest BCUT2D eigenvalue weighted by atomic mass is 19.1. The first kappa shape index (κ1) is 26.7. The molecule has 0 fully saturated rings. The molecule has 3 aromatic rings. The van der Waals surface area contributed by atoms with Crippen LogP contribution in [0.2, 0.25) is 0 Å². The van der Waals surface area contributed by atoms with Crippen LogP contribution in [0.3, 0.4) is 0 Å². The van der Waals surface area contributed by atoms with Gasteiger partial charge in [-0.2, -0.15) is 0 Å². The Hall–Kier alpha value is -4.31. The number of fused-ring (bicyclic) bond motifs is 1. The molecule has 0 aliphatic carbocycles. The summed E-state index contributed by atoms with van der Waals surface area (Å²) in [6, 6.07) is 12.9. The van der Waals surface area contributed by atoms with E-state index in [1.165, 1.54) is 21.7 Å². The molecule has 1 atom stereocenters. The fourth-order valence-corrected chi connectivity index (χ4v) is 4.44. The van der Waals surface area contributed by atoms with Crippen molar-refractivity contribution in [3.05, 3.63) is 111 Å². The average Bonchev–Trinajstić information content (AvgIpc) is 2.89. The molecule has 198 valence electrons. The van der Waals surface area contributed by atoms with E-state index < -0.39 is 40.2 Å². The highest BCUT2D eigenvalue weighted by Gasteiger charge is 2.33. The second-order valence-electron chi connectivity index (χ2n) is 9.10. The van der Waals surface area contributed by atoms with Crippen molar-refractivity contribution < 1.29 is 23.5 Å². The molecule has 1 aliphatic heterocycles. The molecule has 0 bridgehead atoms. The smallest absolute Gasteiger partial charge is 0.278 e. The van der Waals surface area contributed by atoms with Gasteiger partial charge in [0.2, 0.25) is 5.43 Å². The minimum absolute atomic E-state index is 0.0216. The molecule has 0 radical (unpaired) electrons. The number of nitrogens with zero attached hydrogens (tertiary/aromatic N) is 2. The number of amides is 2. The van der Waals surface area contributed by atoms with Crippen LogP contribution >= 0.6 is 0 Å². The SMILES string of the molecule is C=C1Cn2cc(C(=O)NCc3ccc(F)cc3F)c(=O)c(O)c2C(=O)N1CC[C@H](Cc1ccccc1)NC. The van der Waals surface area contributed by atoms with Gasteiger partial charge in [0, 0.05) is 42.7 Å². The first-order valence-electron chi connectivity index (χ1n) is 12.1. The van der Waals surface area contributed by atoms with Gasteiger partial charge < -0.3 is 25.2 Å². The zero-order valence-electron chi connectivity index (χ0n) is 20.8. The Morgan fingerprint density at radius 3 is 2.58 bits per heavy atom. The number of likely N-dealkylation sites (N-methyl/N-ethyl adjacent to an activating group) is 1. The Morgan fingerprint density at radius 2 is 1.89 bits per heavy atom. The average molecular weight is 523 g/mol. The Kier molecular flexibility index (Phi) is 8.02. The van der Waals surface area contributed by atoms with E-state index in [9.17, 15) is 28.3 Å². The second-order valence-corrected chi connectivity index (χ2v) is 9.10. The summed E-state index contributed by atoms with van der Waals surface area (Å²) in [6.07, 6.45) is 2.54. The lowest BCUT2D eigenvalue weighted by Gasteiger charge is -2.33. The molecule has 4 rings (SSSR count). The maximum atomic E-state index is 13.9. The van der Waals surface area contributed by atoms with Crippen molar-refractivity contribution in [1.29, 1.82) is 0 Å². The molecule has 0 saturated heterocycles. The van der Waals surface area contributed by atoms with E-state index in [0.717, 1.165) is 18.1 Å². The Bertz CT molecular complexity index is 1440. The number of hydrogen-bond donors (Lipinski definition) is 3. The van der Waals surface area contributed by atoms with Gasteiger partial charge in [0.25, 0.3) is 11.8 Å². The summed E-state index contributed by atoms with van der Waals surface area (Å²) in [6.45, 7) is 4.07. The third-order valence-corrected chi connectivity index (χ3v) is 6.57. The van der Waals surface area contributed by atoms with Gasteiger partial charge in [-0.1, -0.05) is 43.0 Å². The number of aromatic hydroxyl groups is 1. The highest BCUT2D eigenvalue weighted by Crippen LogP contribution is 2.25. The zero-order valence-corrected chi connectivity index (χ0v) is 20.8. The van der Waals surface area contributed by atoms with Crippen LogP contribution < -0.4 is 16.1 Å². The van der Waals surface area contributed by atoms with Gasteiger partial charge in [-0.05, 0) is 31.5 Å². The van der Waals surface area contributed by atoms with Crippen LogP contribution in [0.4, 0.5) is 8.78 Å². The number of benzene rings is 2. The standard InChI is InChI=1S/C28H28F2N4O4/c1-17-15-33-16-22(27(37)32-14-19-8-9-20(29)13-23(19)30)25(35)26(36)24(33)28(38)34(17)11-10-21(31-2)12-18-6-4-3-5-7-18/h3-9,13,16,21,31,36H,1,10-12,14-15H2,2H3,(H,32,37)/t21-/m1/s1. The first-order chi connectivity index (χ1) is 18.2. The minimum atomic E-state index is -1.02. The van der Waals surface area contributed by atoms with Crippen molar-refractivity contribution in [3.8, 4) is 5.75 Å². The van der Waals surface area contributed by atoms with Gasteiger partial charge in [0.15, 0.2) is 11.4 Å². The van der Waals surface area contributed by atoms with E-state index in [-0.39, 0.29) is 30.4 Å². The fourth-order valence-electron chi connectivity index (χ4n) is 4.44. The number of aromatic nitrogens is 1. The number of halogens is 2. The molecule has 2 aromatic carbocycles. The molecule has 1 aliphatic rings. The van der Waals surface area contributed by atoms with E-state index in [0.29, 0.717) is 24.7 Å². The molecule has 1 aromatic heterocycles. The molecule has 8 nitrogen and oxygen atoms in total. The Balaban J connectivity index is 1.49. The largest absolute Gasteiger partial charge is 0.503 e. The summed E-state index contributed by atoms with van der Waals surface area (Å²) in [5, 5.41) is 16.3. The normalized spacial score (nSPS) is 13.8. The fraction of sp³-hybridized carbons (Fsp3) is 0.250. The van der Waals surface area contributed by atoms with Crippen molar-refractivity contribution in [1.82, 2.24) is 20.1 Å². The van der Waals surface area contributed by atoms with E-state index >= 15 is 0 Å². The van der Waals surface area contributed by atoms with Crippen molar-refractivity contribution in [2.24, 2.45) is 0 Å². The first-order valence-corrected chi connectivity index (χ1v) is 12.1. The monoisotopic (exact) mass is 522 g/mol. The lowest BCUT2D eigenvalue weighted by Crippen LogP contribution is -2.43. The molecular weight excluding hydrogens is 494 g/mol. The Labute approximate surface area is 218 Å². The van der Waals surface area contributed by atoms with Gasteiger partial charge in [-0.15, -0.1) is 0 Å². The number of allylic oxidation sites excluding steroid dienone is 1. The second kappa shape index (κ2) is 11.4. The lowest BCUT2D eigenvalue weighted by atomic mass is 10.0. The lowest BCUT2D eigenvalue weighted by molar-refractivity contribution is 0.0752. The predicted molar refractivity (Wildman–Crippen MR) is 138 cm³/mol. The number of rotatable bonds is 9. The molecule has 3 N–H and O–H groups in total. The predicted octanol–water partition coefficient (Wildman–Crippen LogP) is 2.95.